The van der Waals surface area contributed by atoms with Crippen molar-refractivity contribution in [1.29, 1.82) is 0 Å². The number of hydrogen-bond acceptors (Lipinski definition) is 5. The van der Waals surface area contributed by atoms with Gasteiger partial charge in [-0.05, 0) is 49.1 Å². The molecule has 9 heteroatoms. The molecule has 1 amide bonds. The van der Waals surface area contributed by atoms with Crippen LogP contribution >= 0.6 is 11.6 Å². The SMILES string of the molecule is COc1cc(C(=O)Nc2cc(-c3nnc4n3CCCCC4)ccc2F)cc(Cl)c1OCC(C)C. The maximum absolute atomic E-state index is 14.6. The van der Waals surface area contributed by atoms with Crippen molar-refractivity contribution in [2.45, 2.75) is 46.1 Å². The summed E-state index contributed by atoms with van der Waals surface area (Å²) in [5.41, 5.74) is 0.953. The summed E-state index contributed by atoms with van der Waals surface area (Å²) >= 11 is 6.37. The van der Waals surface area contributed by atoms with Gasteiger partial charge >= 0.3 is 0 Å². The van der Waals surface area contributed by atoms with Crippen LogP contribution in [0.3, 0.4) is 0 Å². The molecule has 0 atom stereocenters. The number of methoxy groups -OCH3 is 1. The molecule has 0 bridgehead atoms. The van der Waals surface area contributed by atoms with E-state index in [2.05, 4.69) is 20.1 Å². The Hall–Kier alpha value is -3.13. The van der Waals surface area contributed by atoms with Gasteiger partial charge in [0, 0.05) is 24.1 Å². The Morgan fingerprint density at radius 2 is 2.03 bits per heavy atom. The van der Waals surface area contributed by atoms with Gasteiger partial charge in [-0.3, -0.25) is 4.79 Å². The summed E-state index contributed by atoms with van der Waals surface area (Å²) in [6, 6.07) is 7.55. The first-order valence-electron chi connectivity index (χ1n) is 11.4. The second kappa shape index (κ2) is 10.4. The van der Waals surface area contributed by atoms with Crippen LogP contribution in [0, 0.1) is 11.7 Å². The van der Waals surface area contributed by atoms with E-state index in [1.165, 1.54) is 25.3 Å². The average Bonchev–Trinajstić information content (AvgIpc) is 3.06. The van der Waals surface area contributed by atoms with E-state index in [1.54, 1.807) is 12.1 Å². The number of halogens is 2. The molecule has 1 N–H and O–H groups in total. The Kier molecular flexibility index (Phi) is 7.36. The summed E-state index contributed by atoms with van der Waals surface area (Å²) in [5.74, 6) is 1.52. The third kappa shape index (κ3) is 5.17. The number of fused-ring (bicyclic) bond motifs is 1. The highest BCUT2D eigenvalue weighted by molar-refractivity contribution is 6.32. The summed E-state index contributed by atoms with van der Waals surface area (Å²) in [5, 5.41) is 11.5. The van der Waals surface area contributed by atoms with E-state index >= 15 is 0 Å². The fourth-order valence-electron chi connectivity index (χ4n) is 3.89. The Balaban J connectivity index is 1.59. The molecule has 0 radical (unpaired) electrons. The number of hydrogen-bond donors (Lipinski definition) is 1. The van der Waals surface area contributed by atoms with E-state index in [-0.39, 0.29) is 16.3 Å². The first kappa shape index (κ1) is 24.0. The minimum Gasteiger partial charge on any atom is -0.493 e. The normalized spacial score (nSPS) is 13.4. The monoisotopic (exact) mass is 486 g/mol. The summed E-state index contributed by atoms with van der Waals surface area (Å²) in [6.45, 7) is 5.30. The zero-order valence-electron chi connectivity index (χ0n) is 19.5. The number of rotatable bonds is 7. The van der Waals surface area contributed by atoms with Crippen molar-refractivity contribution in [3.8, 4) is 22.9 Å². The number of benzene rings is 2. The second-order valence-electron chi connectivity index (χ2n) is 8.75. The third-order valence-corrected chi connectivity index (χ3v) is 5.92. The van der Waals surface area contributed by atoms with Gasteiger partial charge in [-0.15, -0.1) is 10.2 Å². The maximum Gasteiger partial charge on any atom is 0.255 e. The predicted molar refractivity (Wildman–Crippen MR) is 129 cm³/mol. The molecular formula is C25H28ClFN4O3. The quantitative estimate of drug-likeness (QED) is 0.459. The lowest BCUT2D eigenvalue weighted by molar-refractivity contribution is 0.102. The molecule has 1 aliphatic heterocycles. The van der Waals surface area contributed by atoms with Crippen molar-refractivity contribution in [1.82, 2.24) is 14.8 Å². The molecule has 1 aliphatic rings. The van der Waals surface area contributed by atoms with Crippen LogP contribution in [-0.2, 0) is 13.0 Å². The highest BCUT2D eigenvalue weighted by atomic mass is 35.5. The fraction of sp³-hybridized carbons (Fsp3) is 0.400. The summed E-state index contributed by atoms with van der Waals surface area (Å²) < 4.78 is 27.8. The number of anilines is 1. The smallest absolute Gasteiger partial charge is 0.255 e. The van der Waals surface area contributed by atoms with Crippen molar-refractivity contribution >= 4 is 23.2 Å². The number of amides is 1. The molecule has 0 spiro atoms. The van der Waals surface area contributed by atoms with Crippen molar-refractivity contribution in [3.05, 3.63) is 52.6 Å². The van der Waals surface area contributed by atoms with Crippen molar-refractivity contribution in [2.24, 2.45) is 5.92 Å². The van der Waals surface area contributed by atoms with Crippen molar-refractivity contribution in [2.75, 3.05) is 19.0 Å². The van der Waals surface area contributed by atoms with E-state index in [0.29, 0.717) is 35.4 Å². The number of aromatic nitrogens is 3. The molecular weight excluding hydrogens is 459 g/mol. The Morgan fingerprint density at radius 3 is 2.79 bits per heavy atom. The van der Waals surface area contributed by atoms with Crippen LogP contribution in [0.1, 0.15) is 49.3 Å². The fourth-order valence-corrected chi connectivity index (χ4v) is 4.16. The van der Waals surface area contributed by atoms with Gasteiger partial charge in [-0.2, -0.15) is 0 Å². The zero-order valence-corrected chi connectivity index (χ0v) is 20.3. The van der Waals surface area contributed by atoms with Gasteiger partial charge in [-0.1, -0.05) is 31.9 Å². The number of ether oxygens (including phenoxy) is 2. The van der Waals surface area contributed by atoms with E-state index < -0.39 is 11.7 Å². The van der Waals surface area contributed by atoms with Crippen LogP contribution in [0.2, 0.25) is 5.02 Å². The second-order valence-corrected chi connectivity index (χ2v) is 9.15. The highest BCUT2D eigenvalue weighted by Gasteiger charge is 2.20. The molecule has 3 aromatic rings. The van der Waals surface area contributed by atoms with E-state index in [9.17, 15) is 9.18 Å². The van der Waals surface area contributed by atoms with Crippen LogP contribution in [0.15, 0.2) is 30.3 Å². The molecule has 4 rings (SSSR count). The summed E-state index contributed by atoms with van der Waals surface area (Å²) in [4.78, 5) is 13.0. The van der Waals surface area contributed by atoms with E-state index in [4.69, 9.17) is 21.1 Å². The van der Waals surface area contributed by atoms with Crippen LogP contribution in [0.5, 0.6) is 11.5 Å². The number of aryl methyl sites for hydroxylation is 1. The van der Waals surface area contributed by atoms with Gasteiger partial charge in [0.1, 0.15) is 11.6 Å². The first-order valence-corrected chi connectivity index (χ1v) is 11.8. The minimum absolute atomic E-state index is 0.0451. The lowest BCUT2D eigenvalue weighted by Gasteiger charge is -2.15. The molecule has 2 aromatic carbocycles. The van der Waals surface area contributed by atoms with Crippen LogP contribution in [0.25, 0.3) is 11.4 Å². The molecule has 1 aromatic heterocycles. The molecule has 0 saturated carbocycles. The molecule has 0 unspecified atom stereocenters. The van der Waals surface area contributed by atoms with Gasteiger partial charge in [0.05, 0.1) is 24.4 Å². The zero-order chi connectivity index (χ0) is 24.2. The van der Waals surface area contributed by atoms with Gasteiger partial charge in [0.2, 0.25) is 0 Å². The van der Waals surface area contributed by atoms with Gasteiger partial charge in [-0.25, -0.2) is 4.39 Å². The first-order chi connectivity index (χ1) is 16.4. The predicted octanol–water partition coefficient (Wildman–Crippen LogP) is 5.76. The van der Waals surface area contributed by atoms with Crippen molar-refractivity contribution < 1.29 is 18.7 Å². The minimum atomic E-state index is -0.553. The molecule has 0 saturated heterocycles. The summed E-state index contributed by atoms with van der Waals surface area (Å²) in [7, 11) is 1.47. The third-order valence-electron chi connectivity index (χ3n) is 5.63. The lowest BCUT2D eigenvalue weighted by atomic mass is 10.1. The van der Waals surface area contributed by atoms with E-state index in [0.717, 1.165) is 38.1 Å². The molecule has 7 nitrogen and oxygen atoms in total. The standard InChI is InChI=1S/C25H28ClFN4O3/c1-15(2)14-34-23-18(26)11-17(13-21(23)33-3)25(32)28-20-12-16(8-9-19(20)27)24-30-29-22-7-5-4-6-10-31(22)24/h8-9,11-13,15H,4-7,10,14H2,1-3H3,(H,28,32). The van der Waals surface area contributed by atoms with Gasteiger partial charge in [0.15, 0.2) is 17.3 Å². The Bertz CT molecular complexity index is 1200. The average molecular weight is 487 g/mol. The van der Waals surface area contributed by atoms with E-state index in [1.807, 2.05) is 13.8 Å². The van der Waals surface area contributed by atoms with Crippen molar-refractivity contribution in [3.63, 3.8) is 0 Å². The number of carbonyl (C=O) groups is 1. The molecule has 0 aliphatic carbocycles. The molecule has 180 valence electrons. The van der Waals surface area contributed by atoms with Gasteiger partial charge < -0.3 is 19.4 Å². The molecule has 34 heavy (non-hydrogen) atoms. The molecule has 2 heterocycles. The largest absolute Gasteiger partial charge is 0.493 e. The van der Waals surface area contributed by atoms with Gasteiger partial charge in [0.25, 0.3) is 5.91 Å². The lowest BCUT2D eigenvalue weighted by Crippen LogP contribution is -2.14. The Labute approximate surface area is 203 Å². The number of nitrogens with one attached hydrogen (secondary N) is 1. The molecule has 0 fully saturated rings. The van der Waals surface area contributed by atoms with Crippen LogP contribution < -0.4 is 14.8 Å². The van der Waals surface area contributed by atoms with Crippen LogP contribution in [0.4, 0.5) is 10.1 Å². The maximum atomic E-state index is 14.6. The Morgan fingerprint density at radius 1 is 1.21 bits per heavy atom. The van der Waals surface area contributed by atoms with Crippen LogP contribution in [-0.4, -0.2) is 34.4 Å². The highest BCUT2D eigenvalue weighted by Crippen LogP contribution is 2.37. The number of nitrogens with zero attached hydrogens (tertiary/aromatic N) is 3. The summed E-state index contributed by atoms with van der Waals surface area (Å²) in [6.07, 6.45) is 4.14. The number of carbonyl (C=O) groups excluding carboxylic acids is 1. The topological polar surface area (TPSA) is 78.3 Å².